The zero-order valence-electron chi connectivity index (χ0n) is 13.6. The summed E-state index contributed by atoms with van der Waals surface area (Å²) < 4.78 is 11.5. The van der Waals surface area contributed by atoms with Crippen LogP contribution in [0.1, 0.15) is 23.5 Å². The Hall–Kier alpha value is -1.96. The molecule has 0 saturated carbocycles. The normalized spacial score (nSPS) is 20.8. The van der Waals surface area contributed by atoms with Gasteiger partial charge in [0, 0.05) is 16.9 Å². The summed E-state index contributed by atoms with van der Waals surface area (Å²) in [5.41, 5.74) is 0.695. The lowest BCUT2D eigenvalue weighted by molar-refractivity contribution is -0.123. The number of hydrogen-bond donors (Lipinski definition) is 2. The molecule has 7 heteroatoms. The number of morpholine rings is 1. The minimum atomic E-state index is -0.369. The Kier molecular flexibility index (Phi) is 5.13. The number of rotatable bonds is 4. The minimum Gasteiger partial charge on any atom is -0.462 e. The van der Waals surface area contributed by atoms with Crippen molar-refractivity contribution in [3.8, 4) is 0 Å². The third kappa shape index (κ3) is 3.58. The van der Waals surface area contributed by atoms with E-state index in [0.717, 1.165) is 10.1 Å². The maximum atomic E-state index is 12.4. The summed E-state index contributed by atoms with van der Waals surface area (Å²) in [4.78, 5) is 24.8. The van der Waals surface area contributed by atoms with E-state index in [1.165, 1.54) is 11.3 Å². The first-order valence-electron chi connectivity index (χ1n) is 7.95. The Morgan fingerprint density at radius 2 is 2.25 bits per heavy atom. The summed E-state index contributed by atoms with van der Waals surface area (Å²) in [5.74, 6) is -0.441. The molecule has 1 fully saturated rings. The number of hydrogen-bond acceptors (Lipinski definition) is 6. The summed E-state index contributed by atoms with van der Waals surface area (Å²) in [7, 11) is 0. The van der Waals surface area contributed by atoms with Crippen molar-refractivity contribution >= 4 is 39.0 Å². The molecule has 2 atom stereocenters. The predicted molar refractivity (Wildman–Crippen MR) is 93.6 cm³/mol. The topological polar surface area (TPSA) is 76.7 Å². The van der Waals surface area contributed by atoms with Crippen LogP contribution in [0.3, 0.4) is 0 Å². The Morgan fingerprint density at radius 3 is 3.00 bits per heavy atom. The number of carbonyl (C=O) groups is 2. The molecule has 1 amide bonds. The van der Waals surface area contributed by atoms with E-state index in [0.29, 0.717) is 30.3 Å². The van der Waals surface area contributed by atoms with E-state index in [9.17, 15) is 9.59 Å². The van der Waals surface area contributed by atoms with Crippen molar-refractivity contribution in [1.82, 2.24) is 5.32 Å². The molecule has 0 aliphatic carbocycles. The van der Waals surface area contributed by atoms with Crippen LogP contribution in [-0.4, -0.2) is 43.8 Å². The molecule has 0 bridgehead atoms. The molecule has 2 N–H and O–H groups in total. The molecule has 24 heavy (non-hydrogen) atoms. The summed E-state index contributed by atoms with van der Waals surface area (Å²) in [6.45, 7) is 5.29. The second kappa shape index (κ2) is 7.29. The highest BCUT2D eigenvalue weighted by Gasteiger charge is 2.28. The third-order valence-corrected chi connectivity index (χ3v) is 4.96. The third-order valence-electron chi connectivity index (χ3n) is 3.86. The van der Waals surface area contributed by atoms with Gasteiger partial charge in [0.05, 0.1) is 19.3 Å². The maximum absolute atomic E-state index is 12.4. The number of ether oxygens (including phenoxy) is 2. The first kappa shape index (κ1) is 16.9. The molecule has 0 radical (unpaired) electrons. The SMILES string of the molecule is CCOC(=O)c1cc2cc(NC(=O)[C@H]3NCCO[C@@H]3C)ccc2s1. The fourth-order valence-electron chi connectivity index (χ4n) is 2.67. The molecule has 128 valence electrons. The van der Waals surface area contributed by atoms with Crippen LogP contribution in [-0.2, 0) is 14.3 Å². The van der Waals surface area contributed by atoms with Gasteiger partial charge in [0.1, 0.15) is 10.9 Å². The number of amides is 1. The molecule has 0 spiro atoms. The highest BCUT2D eigenvalue weighted by atomic mass is 32.1. The smallest absolute Gasteiger partial charge is 0.348 e. The van der Waals surface area contributed by atoms with E-state index in [2.05, 4.69) is 10.6 Å². The van der Waals surface area contributed by atoms with E-state index < -0.39 is 0 Å². The average molecular weight is 348 g/mol. The van der Waals surface area contributed by atoms with E-state index >= 15 is 0 Å². The molecule has 1 saturated heterocycles. The van der Waals surface area contributed by atoms with Crippen LogP contribution in [0.2, 0.25) is 0 Å². The minimum absolute atomic E-state index is 0.123. The van der Waals surface area contributed by atoms with E-state index in [1.54, 1.807) is 13.0 Å². The zero-order chi connectivity index (χ0) is 17.1. The van der Waals surface area contributed by atoms with Gasteiger partial charge in [0.2, 0.25) is 5.91 Å². The number of nitrogens with one attached hydrogen (secondary N) is 2. The van der Waals surface area contributed by atoms with Gasteiger partial charge in [-0.15, -0.1) is 11.3 Å². The predicted octanol–water partition coefficient (Wildman–Crippen LogP) is 2.39. The average Bonchev–Trinajstić information content (AvgIpc) is 2.99. The van der Waals surface area contributed by atoms with E-state index in [-0.39, 0.29) is 24.0 Å². The lowest BCUT2D eigenvalue weighted by Gasteiger charge is -2.29. The van der Waals surface area contributed by atoms with Gasteiger partial charge in [-0.05, 0) is 43.5 Å². The van der Waals surface area contributed by atoms with Crippen LogP contribution in [0.5, 0.6) is 0 Å². The molecule has 1 aromatic carbocycles. The molecule has 1 aliphatic rings. The summed E-state index contributed by atoms with van der Waals surface area (Å²) in [5, 5.41) is 6.97. The summed E-state index contributed by atoms with van der Waals surface area (Å²) in [6, 6.07) is 7.01. The Morgan fingerprint density at radius 1 is 1.42 bits per heavy atom. The van der Waals surface area contributed by atoms with Gasteiger partial charge in [-0.1, -0.05) is 0 Å². The lowest BCUT2D eigenvalue weighted by atomic mass is 10.1. The number of thiophene rings is 1. The van der Waals surface area contributed by atoms with E-state index in [4.69, 9.17) is 9.47 Å². The van der Waals surface area contributed by atoms with Crippen molar-refractivity contribution in [1.29, 1.82) is 0 Å². The molecule has 2 aromatic rings. The van der Waals surface area contributed by atoms with Crippen molar-refractivity contribution < 1.29 is 19.1 Å². The van der Waals surface area contributed by atoms with Crippen molar-refractivity contribution in [2.75, 3.05) is 25.1 Å². The molecule has 3 rings (SSSR count). The molecular weight excluding hydrogens is 328 g/mol. The Bertz CT molecular complexity index is 758. The van der Waals surface area contributed by atoms with Gasteiger partial charge in [-0.2, -0.15) is 0 Å². The number of benzene rings is 1. The number of fused-ring (bicyclic) bond motifs is 1. The molecular formula is C17H20N2O4S. The van der Waals surface area contributed by atoms with Crippen molar-refractivity contribution in [2.24, 2.45) is 0 Å². The highest BCUT2D eigenvalue weighted by Crippen LogP contribution is 2.28. The van der Waals surface area contributed by atoms with E-state index in [1.807, 2.05) is 25.1 Å². The zero-order valence-corrected chi connectivity index (χ0v) is 14.4. The number of anilines is 1. The van der Waals surface area contributed by atoms with Crippen LogP contribution >= 0.6 is 11.3 Å². The monoisotopic (exact) mass is 348 g/mol. The van der Waals surface area contributed by atoms with Crippen LogP contribution in [0.4, 0.5) is 5.69 Å². The van der Waals surface area contributed by atoms with Gasteiger partial charge < -0.3 is 20.1 Å². The number of esters is 1. The van der Waals surface area contributed by atoms with Crippen LogP contribution in [0.25, 0.3) is 10.1 Å². The van der Waals surface area contributed by atoms with Gasteiger partial charge in [-0.25, -0.2) is 4.79 Å². The Balaban J connectivity index is 1.75. The summed E-state index contributed by atoms with van der Waals surface area (Å²) >= 11 is 1.38. The molecule has 6 nitrogen and oxygen atoms in total. The van der Waals surface area contributed by atoms with Gasteiger partial charge in [0.25, 0.3) is 0 Å². The molecule has 2 heterocycles. The molecule has 1 aliphatic heterocycles. The standard InChI is InChI=1S/C17H20N2O4S/c1-3-22-17(21)14-9-11-8-12(4-5-13(11)24-14)19-16(20)15-10(2)23-7-6-18-15/h4-5,8-10,15,18H,3,6-7H2,1-2H3,(H,19,20)/t10-,15+/m1/s1. The van der Waals surface area contributed by atoms with Crippen LogP contribution in [0.15, 0.2) is 24.3 Å². The fourth-order valence-corrected chi connectivity index (χ4v) is 3.61. The number of carbonyl (C=O) groups excluding carboxylic acids is 2. The molecule has 1 aromatic heterocycles. The largest absolute Gasteiger partial charge is 0.462 e. The van der Waals surface area contributed by atoms with Crippen molar-refractivity contribution in [3.63, 3.8) is 0 Å². The first-order valence-corrected chi connectivity index (χ1v) is 8.76. The van der Waals surface area contributed by atoms with Crippen LogP contribution in [0, 0.1) is 0 Å². The van der Waals surface area contributed by atoms with Crippen molar-refractivity contribution in [2.45, 2.75) is 26.0 Å². The molecule has 0 unspecified atom stereocenters. The second-order valence-corrected chi connectivity index (χ2v) is 6.66. The fraction of sp³-hybridized carbons (Fsp3) is 0.412. The quantitative estimate of drug-likeness (QED) is 0.830. The van der Waals surface area contributed by atoms with Gasteiger partial charge in [-0.3, -0.25) is 4.79 Å². The van der Waals surface area contributed by atoms with Crippen molar-refractivity contribution in [3.05, 3.63) is 29.1 Å². The first-order chi connectivity index (χ1) is 11.6. The van der Waals surface area contributed by atoms with Crippen LogP contribution < -0.4 is 10.6 Å². The summed E-state index contributed by atoms with van der Waals surface area (Å²) in [6.07, 6.45) is -0.168. The van der Waals surface area contributed by atoms with Gasteiger partial charge in [0.15, 0.2) is 0 Å². The highest BCUT2D eigenvalue weighted by molar-refractivity contribution is 7.20. The second-order valence-electron chi connectivity index (χ2n) is 5.58. The Labute approximate surface area is 144 Å². The van der Waals surface area contributed by atoms with Gasteiger partial charge >= 0.3 is 5.97 Å². The maximum Gasteiger partial charge on any atom is 0.348 e. The lowest BCUT2D eigenvalue weighted by Crippen LogP contribution is -2.53.